The Morgan fingerprint density at radius 2 is 2.00 bits per heavy atom. The molecule has 26 heavy (non-hydrogen) atoms. The predicted molar refractivity (Wildman–Crippen MR) is 99.7 cm³/mol. The number of amides is 1. The van der Waals surface area contributed by atoms with E-state index in [0.717, 1.165) is 5.56 Å². The van der Waals surface area contributed by atoms with Crippen LogP contribution in [0.3, 0.4) is 0 Å². The van der Waals surface area contributed by atoms with Crippen LogP contribution in [0.1, 0.15) is 16.1 Å². The molecule has 0 saturated carbocycles. The van der Waals surface area contributed by atoms with Crippen molar-refractivity contribution < 1.29 is 9.53 Å². The maximum Gasteiger partial charge on any atom is 0.273 e. The van der Waals surface area contributed by atoms with Gasteiger partial charge in [0.05, 0.1) is 6.20 Å². The second-order valence-corrected chi connectivity index (χ2v) is 6.02. The lowest BCUT2D eigenvalue weighted by Crippen LogP contribution is -2.22. The van der Waals surface area contributed by atoms with E-state index < -0.39 is 5.91 Å². The highest BCUT2D eigenvalue weighted by Gasteiger charge is 2.13. The summed E-state index contributed by atoms with van der Waals surface area (Å²) in [5.41, 5.74) is 0.719. The van der Waals surface area contributed by atoms with Crippen molar-refractivity contribution in [2.24, 2.45) is 7.05 Å². The smallest absolute Gasteiger partial charge is 0.273 e. The molecular formula is C19H16ClN3O3. The number of carbonyl (C=O) groups is 1. The molecule has 0 saturated heterocycles. The number of hydrogen-bond acceptors (Lipinski definition) is 4. The molecule has 0 aliphatic rings. The monoisotopic (exact) mass is 369 g/mol. The lowest BCUT2D eigenvalue weighted by molar-refractivity contribution is 0.101. The summed E-state index contributed by atoms with van der Waals surface area (Å²) < 4.78 is 7.11. The van der Waals surface area contributed by atoms with Crippen LogP contribution in [-0.2, 0) is 13.7 Å². The summed E-state index contributed by atoms with van der Waals surface area (Å²) in [5, 5.41) is 3.28. The van der Waals surface area contributed by atoms with Crippen LogP contribution in [0.2, 0.25) is 5.02 Å². The molecule has 0 radical (unpaired) electrons. The molecule has 0 spiro atoms. The zero-order valence-electron chi connectivity index (χ0n) is 14.0. The molecular weight excluding hydrogens is 354 g/mol. The van der Waals surface area contributed by atoms with Gasteiger partial charge in [-0.1, -0.05) is 29.8 Å². The molecule has 0 atom stereocenters. The zero-order chi connectivity index (χ0) is 18.5. The first-order valence-corrected chi connectivity index (χ1v) is 8.21. The van der Waals surface area contributed by atoms with Gasteiger partial charge in [-0.15, -0.1) is 0 Å². The average Bonchev–Trinajstić information content (AvgIpc) is 2.64. The fourth-order valence-corrected chi connectivity index (χ4v) is 2.43. The van der Waals surface area contributed by atoms with E-state index in [-0.39, 0.29) is 23.5 Å². The summed E-state index contributed by atoms with van der Waals surface area (Å²) in [6.45, 7) is 0.228. The number of rotatable bonds is 5. The third kappa shape index (κ3) is 4.29. The van der Waals surface area contributed by atoms with Crippen molar-refractivity contribution in [3.63, 3.8) is 0 Å². The Morgan fingerprint density at radius 3 is 2.69 bits per heavy atom. The minimum atomic E-state index is -0.424. The Labute approximate surface area is 155 Å². The first kappa shape index (κ1) is 17.7. The standard InChI is InChI=1S/C19H16ClN3O3/c1-23-11-17(26-12-13-5-7-14(20)8-6-13)16(24)10-15(23)19(25)22-18-4-2-3-9-21-18/h2-11H,12H2,1H3,(H,21,22,25). The first-order valence-electron chi connectivity index (χ1n) is 7.83. The van der Waals surface area contributed by atoms with Crippen molar-refractivity contribution in [1.29, 1.82) is 0 Å². The molecule has 0 bridgehead atoms. The topological polar surface area (TPSA) is 73.2 Å². The minimum absolute atomic E-state index is 0.164. The lowest BCUT2D eigenvalue weighted by atomic mass is 10.2. The highest BCUT2D eigenvalue weighted by Crippen LogP contribution is 2.13. The maximum absolute atomic E-state index is 12.3. The van der Waals surface area contributed by atoms with E-state index in [9.17, 15) is 9.59 Å². The number of anilines is 1. The molecule has 1 amide bonds. The molecule has 132 valence electrons. The number of pyridine rings is 2. The fraction of sp³-hybridized carbons (Fsp3) is 0.105. The van der Waals surface area contributed by atoms with Crippen LogP contribution in [0.5, 0.6) is 5.75 Å². The van der Waals surface area contributed by atoms with Gasteiger partial charge >= 0.3 is 0 Å². The van der Waals surface area contributed by atoms with Crippen molar-refractivity contribution >= 4 is 23.3 Å². The number of carbonyl (C=O) groups excluding carboxylic acids is 1. The lowest BCUT2D eigenvalue weighted by Gasteiger charge is -2.12. The molecule has 2 aromatic heterocycles. The second kappa shape index (κ2) is 7.84. The third-order valence-electron chi connectivity index (χ3n) is 3.65. The van der Waals surface area contributed by atoms with Gasteiger partial charge in [0.15, 0.2) is 5.75 Å². The summed E-state index contributed by atoms with van der Waals surface area (Å²) in [6, 6.07) is 13.6. The van der Waals surface area contributed by atoms with E-state index in [4.69, 9.17) is 16.3 Å². The maximum atomic E-state index is 12.3. The van der Waals surface area contributed by atoms with Crippen LogP contribution in [0, 0.1) is 0 Å². The molecule has 1 N–H and O–H groups in total. The molecule has 3 aromatic rings. The number of nitrogens with zero attached hydrogens (tertiary/aromatic N) is 2. The van der Waals surface area contributed by atoms with Crippen LogP contribution in [0.4, 0.5) is 5.82 Å². The van der Waals surface area contributed by atoms with Gasteiger partial charge in [0.25, 0.3) is 5.91 Å². The largest absolute Gasteiger partial charge is 0.483 e. The number of halogens is 1. The first-order chi connectivity index (χ1) is 12.5. The van der Waals surface area contributed by atoms with Crippen LogP contribution in [-0.4, -0.2) is 15.5 Å². The van der Waals surface area contributed by atoms with E-state index in [1.807, 2.05) is 12.1 Å². The molecule has 1 aromatic carbocycles. The molecule has 3 rings (SSSR count). The Balaban J connectivity index is 1.74. The number of aryl methyl sites for hydroxylation is 1. The molecule has 7 heteroatoms. The van der Waals surface area contributed by atoms with Gasteiger partial charge in [-0.2, -0.15) is 0 Å². The molecule has 0 unspecified atom stereocenters. The number of aromatic nitrogens is 2. The highest BCUT2D eigenvalue weighted by molar-refractivity contribution is 6.30. The molecule has 0 aliphatic carbocycles. The Morgan fingerprint density at radius 1 is 1.23 bits per heavy atom. The summed E-state index contributed by atoms with van der Waals surface area (Å²) in [4.78, 5) is 28.6. The number of hydrogen-bond donors (Lipinski definition) is 1. The van der Waals surface area contributed by atoms with Gasteiger partial charge in [-0.3, -0.25) is 9.59 Å². The van der Waals surface area contributed by atoms with Gasteiger partial charge in [0.1, 0.15) is 18.1 Å². The van der Waals surface area contributed by atoms with Gasteiger partial charge < -0.3 is 14.6 Å². The molecule has 6 nitrogen and oxygen atoms in total. The average molecular weight is 370 g/mol. The summed E-state index contributed by atoms with van der Waals surface area (Å²) in [7, 11) is 1.67. The summed E-state index contributed by atoms with van der Waals surface area (Å²) in [5.74, 6) is 0.150. The number of benzene rings is 1. The molecule has 0 fully saturated rings. The quantitative estimate of drug-likeness (QED) is 0.749. The van der Waals surface area contributed by atoms with E-state index in [1.54, 1.807) is 43.6 Å². The van der Waals surface area contributed by atoms with Gasteiger partial charge in [-0.25, -0.2) is 4.98 Å². The van der Waals surface area contributed by atoms with E-state index in [0.29, 0.717) is 10.8 Å². The van der Waals surface area contributed by atoms with Crippen LogP contribution in [0.25, 0.3) is 0 Å². The Kier molecular flexibility index (Phi) is 5.34. The second-order valence-electron chi connectivity index (χ2n) is 5.58. The van der Waals surface area contributed by atoms with Crippen molar-refractivity contribution in [3.8, 4) is 5.75 Å². The molecule has 2 heterocycles. The Bertz CT molecular complexity index is 970. The summed E-state index contributed by atoms with van der Waals surface area (Å²) in [6.07, 6.45) is 3.06. The van der Waals surface area contributed by atoms with E-state index >= 15 is 0 Å². The minimum Gasteiger partial charge on any atom is -0.483 e. The van der Waals surface area contributed by atoms with Gasteiger partial charge in [0, 0.05) is 24.3 Å². The fourth-order valence-electron chi connectivity index (χ4n) is 2.30. The van der Waals surface area contributed by atoms with Gasteiger partial charge in [0.2, 0.25) is 5.43 Å². The highest BCUT2D eigenvalue weighted by atomic mass is 35.5. The Hall–Kier alpha value is -3.12. The van der Waals surface area contributed by atoms with Crippen molar-refractivity contribution in [1.82, 2.24) is 9.55 Å². The number of ether oxygens (including phenoxy) is 1. The van der Waals surface area contributed by atoms with E-state index in [1.165, 1.54) is 16.8 Å². The zero-order valence-corrected chi connectivity index (χ0v) is 14.7. The van der Waals surface area contributed by atoms with Crippen molar-refractivity contribution in [2.45, 2.75) is 6.61 Å². The van der Waals surface area contributed by atoms with Crippen molar-refractivity contribution in [2.75, 3.05) is 5.32 Å². The summed E-state index contributed by atoms with van der Waals surface area (Å²) >= 11 is 5.84. The molecule has 0 aliphatic heterocycles. The van der Waals surface area contributed by atoms with Crippen LogP contribution in [0.15, 0.2) is 65.7 Å². The van der Waals surface area contributed by atoms with Crippen LogP contribution >= 0.6 is 11.6 Å². The predicted octanol–water partition coefficient (Wildman–Crippen LogP) is 3.27. The van der Waals surface area contributed by atoms with Crippen molar-refractivity contribution in [3.05, 3.63) is 87.4 Å². The van der Waals surface area contributed by atoms with E-state index in [2.05, 4.69) is 10.3 Å². The normalized spacial score (nSPS) is 10.4. The SMILES string of the molecule is Cn1cc(OCc2ccc(Cl)cc2)c(=O)cc1C(=O)Nc1ccccn1. The third-order valence-corrected chi connectivity index (χ3v) is 3.90. The van der Waals surface area contributed by atoms with Crippen LogP contribution < -0.4 is 15.5 Å². The van der Waals surface area contributed by atoms with Gasteiger partial charge in [-0.05, 0) is 29.8 Å². The number of nitrogens with one attached hydrogen (secondary N) is 1.